The fraction of sp³-hybridized carbons (Fsp3) is 0.526. The highest BCUT2D eigenvalue weighted by atomic mass is 16.4. The predicted octanol–water partition coefficient (Wildman–Crippen LogP) is 2.30. The van der Waals surface area contributed by atoms with Gasteiger partial charge in [0.05, 0.1) is 0 Å². The van der Waals surface area contributed by atoms with Crippen molar-refractivity contribution >= 4 is 17.8 Å². The number of piperidine rings is 1. The van der Waals surface area contributed by atoms with Crippen LogP contribution in [0.5, 0.6) is 0 Å². The fourth-order valence-electron chi connectivity index (χ4n) is 3.10. The minimum absolute atomic E-state index is 0.0854. The average molecular weight is 346 g/mol. The molecule has 1 aliphatic rings. The Balaban J connectivity index is 1.72. The molecule has 1 fully saturated rings. The van der Waals surface area contributed by atoms with Gasteiger partial charge in [-0.15, -0.1) is 0 Å². The predicted molar refractivity (Wildman–Crippen MR) is 94.2 cm³/mol. The third kappa shape index (κ3) is 6.57. The second kappa shape index (κ2) is 9.81. The molecule has 2 N–H and O–H groups in total. The molecule has 1 aliphatic heterocycles. The molecule has 1 aromatic carbocycles. The lowest BCUT2D eigenvalue weighted by Gasteiger charge is -2.33. The van der Waals surface area contributed by atoms with Crippen molar-refractivity contribution in [3.05, 3.63) is 35.9 Å². The van der Waals surface area contributed by atoms with E-state index in [-0.39, 0.29) is 24.2 Å². The molecule has 136 valence electrons. The number of nitrogens with zero attached hydrogens (tertiary/aromatic N) is 1. The average Bonchev–Trinajstić information content (AvgIpc) is 2.64. The highest BCUT2D eigenvalue weighted by Gasteiger charge is 2.23. The molecule has 0 radical (unpaired) electrons. The summed E-state index contributed by atoms with van der Waals surface area (Å²) in [7, 11) is 0. The highest BCUT2D eigenvalue weighted by Crippen LogP contribution is 2.17. The Kier molecular flexibility index (Phi) is 7.44. The molecular weight excluding hydrogens is 320 g/mol. The Morgan fingerprint density at radius 2 is 1.84 bits per heavy atom. The zero-order valence-electron chi connectivity index (χ0n) is 14.4. The van der Waals surface area contributed by atoms with Gasteiger partial charge in [0.25, 0.3) is 5.91 Å². The molecule has 1 heterocycles. The highest BCUT2D eigenvalue weighted by molar-refractivity contribution is 5.94. The zero-order valence-corrected chi connectivity index (χ0v) is 14.4. The second-order valence-corrected chi connectivity index (χ2v) is 6.52. The van der Waals surface area contributed by atoms with Gasteiger partial charge in [0.15, 0.2) is 0 Å². The van der Waals surface area contributed by atoms with Crippen LogP contribution in [-0.2, 0) is 9.59 Å². The third-order valence-corrected chi connectivity index (χ3v) is 4.49. The first-order valence-electron chi connectivity index (χ1n) is 8.89. The van der Waals surface area contributed by atoms with Gasteiger partial charge in [-0.25, -0.2) is 0 Å². The number of nitrogens with one attached hydrogen (secondary N) is 1. The number of rotatable bonds is 8. The van der Waals surface area contributed by atoms with Crippen LogP contribution in [0.2, 0.25) is 0 Å². The van der Waals surface area contributed by atoms with E-state index >= 15 is 0 Å². The van der Waals surface area contributed by atoms with E-state index in [0.29, 0.717) is 37.9 Å². The quantitative estimate of drug-likeness (QED) is 0.707. The minimum Gasteiger partial charge on any atom is -0.481 e. The summed E-state index contributed by atoms with van der Waals surface area (Å²) in [6.07, 6.45) is 3.59. The van der Waals surface area contributed by atoms with Gasteiger partial charge in [-0.2, -0.15) is 0 Å². The largest absolute Gasteiger partial charge is 0.481 e. The number of carboxylic acid groups (broad SMARTS) is 1. The van der Waals surface area contributed by atoms with Crippen molar-refractivity contribution in [3.8, 4) is 0 Å². The van der Waals surface area contributed by atoms with Crippen molar-refractivity contribution in [1.29, 1.82) is 0 Å². The normalized spacial score (nSPS) is 17.1. The summed E-state index contributed by atoms with van der Waals surface area (Å²) in [6.45, 7) is 1.98. The monoisotopic (exact) mass is 346 g/mol. The number of unbranched alkanes of at least 4 members (excludes halogenated alkanes) is 1. The third-order valence-electron chi connectivity index (χ3n) is 4.49. The molecule has 0 saturated carbocycles. The molecule has 1 atom stereocenters. The summed E-state index contributed by atoms with van der Waals surface area (Å²) in [6, 6.07) is 9.10. The standard InChI is InChI=1S/C19H26N2O4/c22-17(10-4-5-11-18(23)24)21-12-6-7-15(14-21)13-20-19(25)16-8-2-1-3-9-16/h1-3,8-9,15H,4-7,10-14H2,(H,20,25)(H,23,24). The minimum atomic E-state index is -0.820. The Morgan fingerprint density at radius 1 is 1.12 bits per heavy atom. The lowest BCUT2D eigenvalue weighted by Crippen LogP contribution is -2.43. The maximum atomic E-state index is 12.2. The molecule has 0 spiro atoms. The summed E-state index contributed by atoms with van der Waals surface area (Å²) < 4.78 is 0. The first-order chi connectivity index (χ1) is 12.1. The number of carboxylic acids is 1. The number of amides is 2. The molecule has 1 unspecified atom stereocenters. The van der Waals surface area contributed by atoms with Crippen molar-refractivity contribution in [2.24, 2.45) is 5.92 Å². The first kappa shape index (κ1) is 19.0. The topological polar surface area (TPSA) is 86.7 Å². The van der Waals surface area contributed by atoms with E-state index < -0.39 is 5.97 Å². The van der Waals surface area contributed by atoms with Gasteiger partial charge in [0, 0.05) is 38.0 Å². The molecule has 1 saturated heterocycles. The van der Waals surface area contributed by atoms with Crippen LogP contribution in [0.25, 0.3) is 0 Å². The van der Waals surface area contributed by atoms with Crippen molar-refractivity contribution < 1.29 is 19.5 Å². The number of hydrogen-bond acceptors (Lipinski definition) is 3. The van der Waals surface area contributed by atoms with Gasteiger partial charge in [0.2, 0.25) is 5.91 Å². The number of carbonyl (C=O) groups is 3. The van der Waals surface area contributed by atoms with Crippen LogP contribution in [0.15, 0.2) is 30.3 Å². The van der Waals surface area contributed by atoms with Crippen molar-refractivity contribution in [2.75, 3.05) is 19.6 Å². The number of benzene rings is 1. The summed E-state index contributed by atoms with van der Waals surface area (Å²) in [5.41, 5.74) is 0.643. The Morgan fingerprint density at radius 3 is 2.56 bits per heavy atom. The molecule has 25 heavy (non-hydrogen) atoms. The molecule has 0 aromatic heterocycles. The zero-order chi connectivity index (χ0) is 18.1. The van der Waals surface area contributed by atoms with Gasteiger partial charge in [0.1, 0.15) is 0 Å². The molecule has 1 aromatic rings. The van der Waals surface area contributed by atoms with E-state index in [2.05, 4.69) is 5.32 Å². The lowest BCUT2D eigenvalue weighted by molar-refractivity contribution is -0.138. The Labute approximate surface area is 148 Å². The van der Waals surface area contributed by atoms with Crippen molar-refractivity contribution in [2.45, 2.75) is 38.5 Å². The van der Waals surface area contributed by atoms with E-state index in [9.17, 15) is 14.4 Å². The van der Waals surface area contributed by atoms with Crippen molar-refractivity contribution in [1.82, 2.24) is 10.2 Å². The Hall–Kier alpha value is -2.37. The fourth-order valence-corrected chi connectivity index (χ4v) is 3.10. The van der Waals surface area contributed by atoms with Crippen LogP contribution in [0.4, 0.5) is 0 Å². The summed E-state index contributed by atoms with van der Waals surface area (Å²) >= 11 is 0. The molecule has 2 rings (SSSR count). The van der Waals surface area contributed by atoms with Gasteiger partial charge >= 0.3 is 5.97 Å². The van der Waals surface area contributed by atoms with E-state index in [1.165, 1.54) is 0 Å². The van der Waals surface area contributed by atoms with Crippen LogP contribution < -0.4 is 5.32 Å². The van der Waals surface area contributed by atoms with E-state index in [4.69, 9.17) is 5.11 Å². The number of carbonyl (C=O) groups excluding carboxylic acids is 2. The summed E-state index contributed by atoms with van der Waals surface area (Å²) in [5, 5.41) is 11.6. The van der Waals surface area contributed by atoms with Gasteiger partial charge in [-0.3, -0.25) is 14.4 Å². The van der Waals surface area contributed by atoms with E-state index in [1.807, 2.05) is 23.1 Å². The van der Waals surface area contributed by atoms with Crippen LogP contribution in [0.1, 0.15) is 48.9 Å². The van der Waals surface area contributed by atoms with Gasteiger partial charge < -0.3 is 15.3 Å². The molecule has 2 amide bonds. The van der Waals surface area contributed by atoms with Gasteiger partial charge in [-0.05, 0) is 43.7 Å². The van der Waals surface area contributed by atoms with Crippen LogP contribution >= 0.6 is 0 Å². The molecular formula is C19H26N2O4. The van der Waals surface area contributed by atoms with E-state index in [1.54, 1.807) is 12.1 Å². The molecule has 0 bridgehead atoms. The summed E-state index contributed by atoms with van der Waals surface area (Å²) in [4.78, 5) is 36.7. The maximum absolute atomic E-state index is 12.2. The van der Waals surface area contributed by atoms with Crippen LogP contribution in [0, 0.1) is 5.92 Å². The number of aliphatic carboxylic acids is 1. The second-order valence-electron chi connectivity index (χ2n) is 6.52. The van der Waals surface area contributed by atoms with Crippen LogP contribution in [-0.4, -0.2) is 47.4 Å². The van der Waals surface area contributed by atoms with Gasteiger partial charge in [-0.1, -0.05) is 18.2 Å². The smallest absolute Gasteiger partial charge is 0.303 e. The number of hydrogen-bond donors (Lipinski definition) is 2. The summed E-state index contributed by atoms with van der Waals surface area (Å²) in [5.74, 6) is -0.550. The number of likely N-dealkylation sites (tertiary alicyclic amines) is 1. The lowest BCUT2D eigenvalue weighted by atomic mass is 9.97. The first-order valence-corrected chi connectivity index (χ1v) is 8.89. The van der Waals surface area contributed by atoms with Crippen LogP contribution in [0.3, 0.4) is 0 Å². The van der Waals surface area contributed by atoms with Crippen molar-refractivity contribution in [3.63, 3.8) is 0 Å². The van der Waals surface area contributed by atoms with E-state index in [0.717, 1.165) is 19.4 Å². The maximum Gasteiger partial charge on any atom is 0.303 e. The molecule has 6 nitrogen and oxygen atoms in total. The Bertz CT molecular complexity index is 588. The molecule has 6 heteroatoms. The molecule has 0 aliphatic carbocycles. The SMILES string of the molecule is O=C(O)CCCCC(=O)N1CCCC(CNC(=O)c2ccccc2)C1.